The number of rotatable bonds is 4. The van der Waals surface area contributed by atoms with Crippen molar-refractivity contribution in [2.24, 2.45) is 0 Å². The maximum Gasteiger partial charge on any atom is 0.320 e. The molecule has 22 heavy (non-hydrogen) atoms. The van der Waals surface area contributed by atoms with Gasteiger partial charge in [0, 0.05) is 22.0 Å². The fourth-order valence-electron chi connectivity index (χ4n) is 2.80. The first-order chi connectivity index (χ1) is 10.6. The van der Waals surface area contributed by atoms with Crippen molar-refractivity contribution in [3.05, 3.63) is 39.8 Å². The minimum absolute atomic E-state index is 0.371. The summed E-state index contributed by atoms with van der Waals surface area (Å²) >= 11 is 5.08. The third kappa shape index (κ3) is 3.56. The zero-order valence-corrected chi connectivity index (χ0v) is 14.4. The second-order valence-corrected chi connectivity index (χ2v) is 7.25. The molecule has 1 unspecified atom stereocenters. The van der Waals surface area contributed by atoms with Gasteiger partial charge in [-0.1, -0.05) is 34.5 Å². The normalized spacial score (nSPS) is 19.2. The fourth-order valence-corrected chi connectivity index (χ4v) is 4.01. The molecule has 1 fully saturated rings. The van der Waals surface area contributed by atoms with Crippen LogP contribution in [-0.2, 0) is 11.3 Å². The summed E-state index contributed by atoms with van der Waals surface area (Å²) in [6, 6.07) is 7.69. The number of hydrogen-bond donors (Lipinski definition) is 1. The van der Waals surface area contributed by atoms with E-state index in [1.807, 2.05) is 34.5 Å². The van der Waals surface area contributed by atoms with Gasteiger partial charge < -0.3 is 5.11 Å². The minimum atomic E-state index is -0.720. The molecule has 0 amide bonds. The molecule has 0 saturated carbocycles. The van der Waals surface area contributed by atoms with Crippen LogP contribution in [0.2, 0.25) is 0 Å². The Bertz CT molecular complexity index is 674. The molecule has 0 bridgehead atoms. The molecular weight excluding hydrogens is 364 g/mol. The van der Waals surface area contributed by atoms with Crippen molar-refractivity contribution in [1.82, 2.24) is 9.88 Å². The molecule has 0 aliphatic carbocycles. The van der Waals surface area contributed by atoms with Crippen LogP contribution in [0.4, 0.5) is 0 Å². The first kappa shape index (κ1) is 15.6. The summed E-state index contributed by atoms with van der Waals surface area (Å²) in [5, 5.41) is 12.3. The standard InChI is InChI=1S/C16H17BrN2O2S/c17-12-5-3-4-11(8-12)15-18-13(10-22-15)9-19-7-2-1-6-14(19)16(20)21/h3-5,8,10,14H,1-2,6-7,9H2,(H,20,21). The Morgan fingerprint density at radius 3 is 3.09 bits per heavy atom. The number of carboxylic acid groups (broad SMARTS) is 1. The van der Waals surface area contributed by atoms with Crippen LogP contribution in [0.1, 0.15) is 25.0 Å². The third-order valence-electron chi connectivity index (χ3n) is 3.89. The molecule has 2 heterocycles. The quantitative estimate of drug-likeness (QED) is 0.870. The van der Waals surface area contributed by atoms with E-state index in [1.54, 1.807) is 11.3 Å². The highest BCUT2D eigenvalue weighted by Gasteiger charge is 2.28. The van der Waals surface area contributed by atoms with Gasteiger partial charge >= 0.3 is 5.97 Å². The predicted molar refractivity (Wildman–Crippen MR) is 90.9 cm³/mol. The van der Waals surface area contributed by atoms with Crippen LogP contribution in [0.15, 0.2) is 34.1 Å². The van der Waals surface area contributed by atoms with Crippen LogP contribution in [-0.4, -0.2) is 33.5 Å². The van der Waals surface area contributed by atoms with Crippen molar-refractivity contribution in [3.63, 3.8) is 0 Å². The maximum atomic E-state index is 11.4. The van der Waals surface area contributed by atoms with Gasteiger partial charge in [0.05, 0.1) is 5.69 Å². The van der Waals surface area contributed by atoms with Crippen LogP contribution in [0, 0.1) is 0 Å². The Hall–Kier alpha value is -1.24. The summed E-state index contributed by atoms with van der Waals surface area (Å²) in [5.41, 5.74) is 2.03. The van der Waals surface area contributed by atoms with Gasteiger partial charge in [0.15, 0.2) is 0 Å². The molecule has 116 valence electrons. The number of carboxylic acids is 1. The molecule has 1 aromatic carbocycles. The van der Waals surface area contributed by atoms with E-state index in [2.05, 4.69) is 20.9 Å². The van der Waals surface area contributed by atoms with E-state index in [1.165, 1.54) is 0 Å². The van der Waals surface area contributed by atoms with Crippen molar-refractivity contribution in [2.75, 3.05) is 6.54 Å². The molecule has 1 aliphatic rings. The summed E-state index contributed by atoms with van der Waals surface area (Å²) in [5.74, 6) is -0.720. The minimum Gasteiger partial charge on any atom is -0.480 e. The SMILES string of the molecule is O=C(O)C1CCCCN1Cc1csc(-c2cccc(Br)c2)n1. The molecule has 1 N–H and O–H groups in total. The lowest BCUT2D eigenvalue weighted by molar-refractivity contribution is -0.144. The topological polar surface area (TPSA) is 53.4 Å². The third-order valence-corrected chi connectivity index (χ3v) is 5.32. The molecule has 2 aromatic rings. The van der Waals surface area contributed by atoms with E-state index >= 15 is 0 Å². The Kier molecular flexibility index (Phi) is 4.90. The average molecular weight is 381 g/mol. The predicted octanol–water partition coefficient (Wildman–Crippen LogP) is 4.01. The van der Waals surface area contributed by atoms with Crippen LogP contribution in [0.5, 0.6) is 0 Å². The second-order valence-electron chi connectivity index (χ2n) is 5.47. The Morgan fingerprint density at radius 2 is 2.32 bits per heavy atom. The van der Waals surface area contributed by atoms with Gasteiger partial charge in [-0.2, -0.15) is 0 Å². The number of carbonyl (C=O) groups is 1. The number of piperidine rings is 1. The molecule has 1 atom stereocenters. The molecule has 1 aliphatic heterocycles. The number of aliphatic carboxylic acids is 1. The van der Waals surface area contributed by atoms with E-state index in [-0.39, 0.29) is 6.04 Å². The van der Waals surface area contributed by atoms with Crippen LogP contribution in [0.25, 0.3) is 10.6 Å². The number of halogens is 1. The van der Waals surface area contributed by atoms with Gasteiger partial charge in [-0.25, -0.2) is 4.98 Å². The van der Waals surface area contributed by atoms with E-state index in [0.29, 0.717) is 6.54 Å². The maximum absolute atomic E-state index is 11.4. The molecule has 1 aromatic heterocycles. The summed E-state index contributed by atoms with van der Waals surface area (Å²) in [6.45, 7) is 1.45. The van der Waals surface area contributed by atoms with Gasteiger partial charge in [0.1, 0.15) is 11.0 Å². The summed E-state index contributed by atoms with van der Waals surface area (Å²) in [6.07, 6.45) is 2.79. The summed E-state index contributed by atoms with van der Waals surface area (Å²) in [7, 11) is 0. The lowest BCUT2D eigenvalue weighted by Gasteiger charge is -2.32. The zero-order chi connectivity index (χ0) is 15.5. The van der Waals surface area contributed by atoms with E-state index < -0.39 is 5.97 Å². The average Bonchev–Trinajstić information content (AvgIpc) is 2.96. The van der Waals surface area contributed by atoms with E-state index in [0.717, 1.165) is 46.5 Å². The molecule has 4 nitrogen and oxygen atoms in total. The van der Waals surface area contributed by atoms with Crippen molar-refractivity contribution in [1.29, 1.82) is 0 Å². The van der Waals surface area contributed by atoms with E-state index in [4.69, 9.17) is 0 Å². The molecule has 1 saturated heterocycles. The van der Waals surface area contributed by atoms with Crippen molar-refractivity contribution >= 4 is 33.2 Å². The first-order valence-corrected chi connectivity index (χ1v) is 8.98. The van der Waals surface area contributed by atoms with Crippen LogP contribution < -0.4 is 0 Å². The highest BCUT2D eigenvalue weighted by atomic mass is 79.9. The van der Waals surface area contributed by atoms with Gasteiger partial charge in [-0.3, -0.25) is 9.69 Å². The van der Waals surface area contributed by atoms with Crippen molar-refractivity contribution in [3.8, 4) is 10.6 Å². The smallest absolute Gasteiger partial charge is 0.320 e. The van der Waals surface area contributed by atoms with Crippen LogP contribution in [0.3, 0.4) is 0 Å². The van der Waals surface area contributed by atoms with Gasteiger partial charge in [-0.05, 0) is 31.5 Å². The molecular formula is C16H17BrN2O2S. The number of benzene rings is 1. The number of hydrogen-bond acceptors (Lipinski definition) is 4. The Morgan fingerprint density at radius 1 is 1.45 bits per heavy atom. The van der Waals surface area contributed by atoms with Crippen molar-refractivity contribution < 1.29 is 9.90 Å². The number of likely N-dealkylation sites (tertiary alicyclic amines) is 1. The molecule has 6 heteroatoms. The van der Waals surface area contributed by atoms with Gasteiger partial charge in [0.25, 0.3) is 0 Å². The molecule has 0 radical (unpaired) electrons. The van der Waals surface area contributed by atoms with Gasteiger partial charge in [0.2, 0.25) is 0 Å². The Balaban J connectivity index is 1.75. The monoisotopic (exact) mass is 380 g/mol. The lowest BCUT2D eigenvalue weighted by atomic mass is 10.0. The molecule has 0 spiro atoms. The molecule has 3 rings (SSSR count). The van der Waals surface area contributed by atoms with Crippen molar-refractivity contribution in [2.45, 2.75) is 31.8 Å². The largest absolute Gasteiger partial charge is 0.480 e. The lowest BCUT2D eigenvalue weighted by Crippen LogP contribution is -2.44. The Labute approximate surface area is 141 Å². The highest BCUT2D eigenvalue weighted by Crippen LogP contribution is 2.27. The highest BCUT2D eigenvalue weighted by molar-refractivity contribution is 9.10. The van der Waals surface area contributed by atoms with Crippen LogP contribution >= 0.6 is 27.3 Å². The fraction of sp³-hybridized carbons (Fsp3) is 0.375. The second kappa shape index (κ2) is 6.89. The summed E-state index contributed by atoms with van der Waals surface area (Å²) < 4.78 is 1.03. The summed E-state index contributed by atoms with van der Waals surface area (Å²) in [4.78, 5) is 18.1. The van der Waals surface area contributed by atoms with Gasteiger partial charge in [-0.15, -0.1) is 11.3 Å². The number of nitrogens with zero attached hydrogens (tertiary/aromatic N) is 2. The number of aromatic nitrogens is 1. The first-order valence-electron chi connectivity index (χ1n) is 7.30. The van der Waals surface area contributed by atoms with E-state index in [9.17, 15) is 9.90 Å². The number of thiazole rings is 1. The zero-order valence-electron chi connectivity index (χ0n) is 12.0.